The summed E-state index contributed by atoms with van der Waals surface area (Å²) in [7, 11) is 2.97. The number of ether oxygens (including phenoxy) is 2. The fourth-order valence-corrected chi connectivity index (χ4v) is 2.34. The smallest absolute Gasteiger partial charge is 0.337 e. The van der Waals surface area contributed by atoms with Crippen LogP contribution in [0.15, 0.2) is 60.9 Å². The van der Waals surface area contributed by atoms with Gasteiger partial charge in [-0.2, -0.15) is 0 Å². The Morgan fingerprint density at radius 2 is 1.62 bits per heavy atom. The van der Waals surface area contributed by atoms with Crippen LogP contribution in [-0.2, 0) is 4.74 Å². The number of nitrogens with one attached hydrogen (secondary N) is 2. The van der Waals surface area contributed by atoms with E-state index in [1.807, 2.05) is 24.3 Å². The first-order valence-electron chi connectivity index (χ1n) is 7.87. The summed E-state index contributed by atoms with van der Waals surface area (Å²) in [4.78, 5) is 19.9. The molecule has 0 aliphatic heterocycles. The highest BCUT2D eigenvalue weighted by Crippen LogP contribution is 2.27. The van der Waals surface area contributed by atoms with Crippen molar-refractivity contribution in [1.29, 1.82) is 0 Å². The van der Waals surface area contributed by atoms with E-state index in [1.165, 1.54) is 13.4 Å². The lowest BCUT2D eigenvalue weighted by atomic mass is 10.2. The molecule has 0 amide bonds. The minimum atomic E-state index is -0.373. The normalized spacial score (nSPS) is 10.1. The number of carbonyl (C=O) groups is 1. The maximum absolute atomic E-state index is 11.5. The molecule has 0 fully saturated rings. The van der Waals surface area contributed by atoms with Gasteiger partial charge in [-0.15, -0.1) is 0 Å². The van der Waals surface area contributed by atoms with Gasteiger partial charge in [-0.25, -0.2) is 14.8 Å². The number of nitrogens with zero attached hydrogens (tertiary/aromatic N) is 2. The largest absolute Gasteiger partial charge is 0.495 e. The Labute approximate surface area is 151 Å². The zero-order valence-corrected chi connectivity index (χ0v) is 14.4. The quantitative estimate of drug-likeness (QED) is 0.655. The number of hydrogen-bond acceptors (Lipinski definition) is 7. The molecule has 0 aliphatic rings. The zero-order chi connectivity index (χ0) is 18.4. The van der Waals surface area contributed by atoms with Crippen LogP contribution < -0.4 is 15.4 Å². The zero-order valence-electron chi connectivity index (χ0n) is 14.4. The van der Waals surface area contributed by atoms with Gasteiger partial charge in [0.2, 0.25) is 0 Å². The van der Waals surface area contributed by atoms with E-state index in [2.05, 4.69) is 25.3 Å². The van der Waals surface area contributed by atoms with Gasteiger partial charge in [0.25, 0.3) is 0 Å². The van der Waals surface area contributed by atoms with Gasteiger partial charge < -0.3 is 20.1 Å². The molecule has 7 heteroatoms. The van der Waals surface area contributed by atoms with Gasteiger partial charge in [-0.05, 0) is 36.4 Å². The molecule has 26 heavy (non-hydrogen) atoms. The van der Waals surface area contributed by atoms with Gasteiger partial charge in [0.15, 0.2) is 0 Å². The molecule has 2 N–H and O–H groups in total. The first-order chi connectivity index (χ1) is 12.7. The van der Waals surface area contributed by atoms with Crippen molar-refractivity contribution in [3.8, 4) is 5.75 Å². The minimum Gasteiger partial charge on any atom is -0.495 e. The standard InChI is InChI=1S/C19H18N4O3/c1-25-16-6-4-3-5-15(16)23-18-11-17(20-12-21-18)22-14-9-7-13(8-10-14)19(24)26-2/h3-12H,1-2H3,(H2,20,21,22,23). The van der Waals surface area contributed by atoms with E-state index in [1.54, 1.807) is 37.4 Å². The van der Waals surface area contributed by atoms with Crippen LogP contribution >= 0.6 is 0 Å². The molecule has 0 aliphatic carbocycles. The number of para-hydroxylation sites is 2. The van der Waals surface area contributed by atoms with Crippen molar-refractivity contribution < 1.29 is 14.3 Å². The third-order valence-electron chi connectivity index (χ3n) is 3.62. The Morgan fingerprint density at radius 1 is 0.923 bits per heavy atom. The summed E-state index contributed by atoms with van der Waals surface area (Å²) in [6, 6.07) is 16.3. The van der Waals surface area contributed by atoms with E-state index in [-0.39, 0.29) is 5.97 Å². The van der Waals surface area contributed by atoms with E-state index in [0.717, 1.165) is 17.1 Å². The molecule has 1 aromatic heterocycles. The number of carbonyl (C=O) groups excluding carboxylic acids is 1. The molecular weight excluding hydrogens is 332 g/mol. The fraction of sp³-hybridized carbons (Fsp3) is 0.105. The van der Waals surface area contributed by atoms with Gasteiger partial charge >= 0.3 is 5.97 Å². The maximum Gasteiger partial charge on any atom is 0.337 e. The van der Waals surface area contributed by atoms with Crippen molar-refractivity contribution in [2.45, 2.75) is 0 Å². The van der Waals surface area contributed by atoms with Crippen LogP contribution in [0.5, 0.6) is 5.75 Å². The number of rotatable bonds is 6. The van der Waals surface area contributed by atoms with Gasteiger partial charge in [0, 0.05) is 11.8 Å². The summed E-state index contributed by atoms with van der Waals surface area (Å²) in [6.45, 7) is 0. The topological polar surface area (TPSA) is 85.4 Å². The maximum atomic E-state index is 11.5. The SMILES string of the molecule is COC(=O)c1ccc(Nc2cc(Nc3ccccc3OC)ncn2)cc1. The van der Waals surface area contributed by atoms with Crippen molar-refractivity contribution in [3.05, 3.63) is 66.5 Å². The monoisotopic (exact) mass is 350 g/mol. The van der Waals surface area contributed by atoms with Crippen molar-refractivity contribution in [2.75, 3.05) is 24.9 Å². The van der Waals surface area contributed by atoms with Gasteiger partial charge in [0.1, 0.15) is 23.7 Å². The van der Waals surface area contributed by atoms with Crippen LogP contribution in [0.4, 0.5) is 23.0 Å². The highest BCUT2D eigenvalue weighted by molar-refractivity contribution is 5.89. The summed E-state index contributed by atoms with van der Waals surface area (Å²) < 4.78 is 10.0. The van der Waals surface area contributed by atoms with Gasteiger partial charge in [0.05, 0.1) is 25.5 Å². The second-order valence-corrected chi connectivity index (χ2v) is 5.31. The predicted molar refractivity (Wildman–Crippen MR) is 99.4 cm³/mol. The second-order valence-electron chi connectivity index (χ2n) is 5.31. The molecule has 0 spiro atoms. The Kier molecular flexibility index (Phi) is 5.28. The molecule has 0 radical (unpaired) electrons. The second kappa shape index (κ2) is 7.98. The lowest BCUT2D eigenvalue weighted by molar-refractivity contribution is 0.0601. The van der Waals surface area contributed by atoms with Crippen LogP contribution in [-0.4, -0.2) is 30.2 Å². The molecule has 3 rings (SSSR count). The van der Waals surface area contributed by atoms with Crippen LogP contribution in [0, 0.1) is 0 Å². The van der Waals surface area contributed by atoms with Crippen LogP contribution in [0.2, 0.25) is 0 Å². The van der Waals surface area contributed by atoms with Crippen molar-refractivity contribution in [2.24, 2.45) is 0 Å². The Hall–Kier alpha value is -3.61. The average Bonchev–Trinajstić information content (AvgIpc) is 2.69. The highest BCUT2D eigenvalue weighted by Gasteiger charge is 2.06. The predicted octanol–water partition coefficient (Wildman–Crippen LogP) is 3.76. The van der Waals surface area contributed by atoms with Gasteiger partial charge in [-0.1, -0.05) is 12.1 Å². The molecule has 0 atom stereocenters. The number of aromatic nitrogens is 2. The third kappa shape index (κ3) is 4.07. The molecule has 0 bridgehead atoms. The van der Waals surface area contributed by atoms with Crippen molar-refractivity contribution in [3.63, 3.8) is 0 Å². The Bertz CT molecular complexity index is 897. The number of esters is 1. The number of benzene rings is 2. The summed E-state index contributed by atoms with van der Waals surface area (Å²) >= 11 is 0. The first-order valence-corrected chi connectivity index (χ1v) is 7.87. The molecule has 7 nitrogen and oxygen atoms in total. The lowest BCUT2D eigenvalue weighted by Crippen LogP contribution is -2.02. The van der Waals surface area contributed by atoms with E-state index in [9.17, 15) is 4.79 Å². The molecule has 0 unspecified atom stereocenters. The molecule has 0 saturated carbocycles. The van der Waals surface area contributed by atoms with Crippen LogP contribution in [0.25, 0.3) is 0 Å². The van der Waals surface area contributed by atoms with Gasteiger partial charge in [-0.3, -0.25) is 0 Å². The lowest BCUT2D eigenvalue weighted by Gasteiger charge is -2.11. The van der Waals surface area contributed by atoms with Crippen LogP contribution in [0.3, 0.4) is 0 Å². The number of anilines is 4. The summed E-state index contributed by atoms with van der Waals surface area (Å²) in [5.41, 5.74) is 2.08. The molecule has 0 saturated heterocycles. The van der Waals surface area contributed by atoms with Crippen molar-refractivity contribution >= 4 is 29.0 Å². The third-order valence-corrected chi connectivity index (χ3v) is 3.62. The molecule has 2 aromatic carbocycles. The average molecular weight is 350 g/mol. The first kappa shape index (κ1) is 17.2. The number of methoxy groups -OCH3 is 2. The van der Waals surface area contributed by atoms with Crippen molar-refractivity contribution in [1.82, 2.24) is 9.97 Å². The van der Waals surface area contributed by atoms with E-state index in [0.29, 0.717) is 17.2 Å². The molecule has 3 aromatic rings. The molecule has 132 valence electrons. The van der Waals surface area contributed by atoms with E-state index < -0.39 is 0 Å². The van der Waals surface area contributed by atoms with Crippen LogP contribution in [0.1, 0.15) is 10.4 Å². The molecular formula is C19H18N4O3. The Morgan fingerprint density at radius 3 is 2.31 bits per heavy atom. The molecule has 1 heterocycles. The summed E-state index contributed by atoms with van der Waals surface area (Å²) in [5.74, 6) is 1.59. The minimum absolute atomic E-state index is 0.373. The highest BCUT2D eigenvalue weighted by atomic mass is 16.5. The Balaban J connectivity index is 1.74. The summed E-state index contributed by atoms with van der Waals surface area (Å²) in [5, 5.41) is 6.37. The summed E-state index contributed by atoms with van der Waals surface area (Å²) in [6.07, 6.45) is 1.46. The number of hydrogen-bond donors (Lipinski definition) is 2. The van der Waals surface area contributed by atoms with E-state index >= 15 is 0 Å². The van der Waals surface area contributed by atoms with E-state index in [4.69, 9.17) is 4.74 Å². The fourth-order valence-electron chi connectivity index (χ4n) is 2.34.